The third-order valence-corrected chi connectivity index (χ3v) is 7.48. The Labute approximate surface area is 204 Å². The number of hydrogen-bond acceptors (Lipinski definition) is 7. The van der Waals surface area contributed by atoms with Gasteiger partial charge in [-0.15, -0.1) is 32.9 Å². The third-order valence-electron chi connectivity index (χ3n) is 4.76. The number of carbonyl (C=O) groups excluding carboxylic acids is 2. The summed E-state index contributed by atoms with van der Waals surface area (Å²) in [5, 5.41) is 18.4. The molecular weight excluding hydrogens is 474 g/mol. The van der Waals surface area contributed by atoms with Gasteiger partial charge in [0.25, 0.3) is 0 Å². The van der Waals surface area contributed by atoms with Crippen LogP contribution in [0.5, 0.6) is 0 Å². The summed E-state index contributed by atoms with van der Waals surface area (Å²) in [5.41, 5.74) is 1.23. The highest BCUT2D eigenvalue weighted by molar-refractivity contribution is 7.99. The molecular formula is C23H23N5O2S3. The Hall–Kier alpha value is -2.95. The molecule has 3 amide bonds. The number of thioether (sulfide) groups is 1. The van der Waals surface area contributed by atoms with Crippen molar-refractivity contribution in [1.82, 2.24) is 25.4 Å². The number of aryl methyl sites for hydroxylation is 1. The van der Waals surface area contributed by atoms with E-state index in [4.69, 9.17) is 0 Å². The van der Waals surface area contributed by atoms with E-state index in [2.05, 4.69) is 43.6 Å². The van der Waals surface area contributed by atoms with Crippen LogP contribution in [-0.2, 0) is 30.7 Å². The molecule has 3 heterocycles. The van der Waals surface area contributed by atoms with Crippen molar-refractivity contribution in [3.8, 4) is 0 Å². The summed E-state index contributed by atoms with van der Waals surface area (Å²) < 4.78 is 2.07. The zero-order chi connectivity index (χ0) is 22.9. The summed E-state index contributed by atoms with van der Waals surface area (Å²) in [6.45, 7) is 1.10. The SMILES string of the molecule is O=C(CSc1nnc(Cc2cccs2)n1CCc1ccccc1)NC(=O)NCc1cccs1. The van der Waals surface area contributed by atoms with E-state index >= 15 is 0 Å². The lowest BCUT2D eigenvalue weighted by atomic mass is 10.1. The minimum atomic E-state index is -0.502. The van der Waals surface area contributed by atoms with Gasteiger partial charge in [-0.2, -0.15) is 0 Å². The number of imide groups is 1. The number of rotatable bonds is 10. The van der Waals surface area contributed by atoms with Crippen LogP contribution in [0.4, 0.5) is 4.79 Å². The van der Waals surface area contributed by atoms with E-state index in [0.29, 0.717) is 24.7 Å². The monoisotopic (exact) mass is 497 g/mol. The maximum atomic E-state index is 12.3. The summed E-state index contributed by atoms with van der Waals surface area (Å²) in [4.78, 5) is 26.5. The topological polar surface area (TPSA) is 88.9 Å². The van der Waals surface area contributed by atoms with E-state index in [1.54, 1.807) is 22.7 Å². The van der Waals surface area contributed by atoms with Gasteiger partial charge in [0, 0.05) is 22.7 Å². The smallest absolute Gasteiger partial charge is 0.321 e. The molecule has 0 aliphatic rings. The van der Waals surface area contributed by atoms with Gasteiger partial charge in [-0.25, -0.2) is 4.79 Å². The number of hydrogen-bond donors (Lipinski definition) is 2. The highest BCUT2D eigenvalue weighted by Gasteiger charge is 2.16. The number of carbonyl (C=O) groups is 2. The first-order valence-corrected chi connectivity index (χ1v) is 13.1. The molecule has 170 valence electrons. The number of amides is 3. The summed E-state index contributed by atoms with van der Waals surface area (Å²) in [7, 11) is 0. The largest absolute Gasteiger partial charge is 0.333 e. The first kappa shape index (κ1) is 23.2. The van der Waals surface area contributed by atoms with E-state index in [9.17, 15) is 9.59 Å². The van der Waals surface area contributed by atoms with Crippen molar-refractivity contribution in [2.45, 2.75) is 31.1 Å². The molecule has 4 aromatic rings. The van der Waals surface area contributed by atoms with Crippen LogP contribution >= 0.6 is 34.4 Å². The summed E-state index contributed by atoms with van der Waals surface area (Å²) in [5.74, 6) is 0.570. The molecule has 3 aromatic heterocycles. The molecule has 0 saturated carbocycles. The third kappa shape index (κ3) is 7.01. The molecule has 4 rings (SSSR count). The molecule has 0 saturated heterocycles. The van der Waals surface area contributed by atoms with Crippen molar-refractivity contribution in [1.29, 1.82) is 0 Å². The van der Waals surface area contributed by atoms with Crippen molar-refractivity contribution in [2.24, 2.45) is 0 Å². The Balaban J connectivity index is 1.35. The number of aromatic nitrogens is 3. The van der Waals surface area contributed by atoms with Gasteiger partial charge in [0.1, 0.15) is 5.82 Å². The molecule has 0 radical (unpaired) electrons. The van der Waals surface area contributed by atoms with Crippen LogP contribution in [0, 0.1) is 0 Å². The molecule has 0 bridgehead atoms. The molecule has 0 unspecified atom stereocenters. The number of urea groups is 1. The zero-order valence-electron chi connectivity index (χ0n) is 17.8. The van der Waals surface area contributed by atoms with Crippen LogP contribution < -0.4 is 10.6 Å². The van der Waals surface area contributed by atoms with Gasteiger partial charge in [-0.1, -0.05) is 54.2 Å². The number of nitrogens with zero attached hydrogens (tertiary/aromatic N) is 3. The minimum Gasteiger partial charge on any atom is -0.333 e. The lowest BCUT2D eigenvalue weighted by Gasteiger charge is -2.10. The fraction of sp³-hybridized carbons (Fsp3) is 0.217. The molecule has 2 N–H and O–H groups in total. The molecule has 0 aliphatic heterocycles. The molecule has 1 aromatic carbocycles. The second-order valence-electron chi connectivity index (χ2n) is 7.14. The van der Waals surface area contributed by atoms with Crippen molar-refractivity contribution in [3.05, 3.63) is 86.5 Å². The molecule has 0 aliphatic carbocycles. The van der Waals surface area contributed by atoms with Gasteiger partial charge in [-0.3, -0.25) is 10.1 Å². The van der Waals surface area contributed by atoms with Crippen LogP contribution in [-0.4, -0.2) is 32.5 Å². The molecule has 10 heteroatoms. The summed E-state index contributed by atoms with van der Waals surface area (Å²) in [6, 6.07) is 17.7. The first-order chi connectivity index (χ1) is 16.2. The van der Waals surface area contributed by atoms with Crippen LogP contribution in [0.1, 0.15) is 21.1 Å². The lowest BCUT2D eigenvalue weighted by Crippen LogP contribution is -2.39. The fourth-order valence-electron chi connectivity index (χ4n) is 3.15. The lowest BCUT2D eigenvalue weighted by molar-refractivity contribution is -0.117. The average Bonchev–Trinajstić information content (AvgIpc) is 3.59. The molecule has 33 heavy (non-hydrogen) atoms. The van der Waals surface area contributed by atoms with Crippen molar-refractivity contribution >= 4 is 46.4 Å². The van der Waals surface area contributed by atoms with Crippen LogP contribution in [0.15, 0.2) is 70.5 Å². The second kappa shape index (κ2) is 11.8. The van der Waals surface area contributed by atoms with Crippen LogP contribution in [0.25, 0.3) is 0 Å². The van der Waals surface area contributed by atoms with Gasteiger partial charge >= 0.3 is 6.03 Å². The van der Waals surface area contributed by atoms with Crippen molar-refractivity contribution in [3.63, 3.8) is 0 Å². The average molecular weight is 498 g/mol. The van der Waals surface area contributed by atoms with Crippen LogP contribution in [0.2, 0.25) is 0 Å². The quantitative estimate of drug-likeness (QED) is 0.318. The Morgan fingerprint density at radius 3 is 2.42 bits per heavy atom. The number of nitrogens with one attached hydrogen (secondary N) is 2. The van der Waals surface area contributed by atoms with Crippen LogP contribution in [0.3, 0.4) is 0 Å². The predicted molar refractivity (Wildman–Crippen MR) is 133 cm³/mol. The van der Waals surface area contributed by atoms with E-state index in [0.717, 1.165) is 17.1 Å². The first-order valence-electron chi connectivity index (χ1n) is 10.4. The van der Waals surface area contributed by atoms with E-state index in [-0.39, 0.29) is 11.7 Å². The Bertz CT molecular complexity index is 1160. The van der Waals surface area contributed by atoms with Gasteiger partial charge in [0.15, 0.2) is 5.16 Å². The van der Waals surface area contributed by atoms with Crippen molar-refractivity contribution in [2.75, 3.05) is 5.75 Å². The summed E-state index contributed by atoms with van der Waals surface area (Å²) >= 11 is 4.52. The van der Waals surface area contributed by atoms with Gasteiger partial charge in [0.2, 0.25) is 5.91 Å². The van der Waals surface area contributed by atoms with E-state index in [1.165, 1.54) is 22.2 Å². The van der Waals surface area contributed by atoms with Gasteiger partial charge in [0.05, 0.1) is 12.3 Å². The maximum absolute atomic E-state index is 12.3. The van der Waals surface area contributed by atoms with Crippen molar-refractivity contribution < 1.29 is 9.59 Å². The normalized spacial score (nSPS) is 10.8. The zero-order valence-corrected chi connectivity index (χ0v) is 20.2. The molecule has 0 atom stereocenters. The Kier molecular flexibility index (Phi) is 8.29. The summed E-state index contributed by atoms with van der Waals surface area (Å²) in [6.07, 6.45) is 1.53. The van der Waals surface area contributed by atoms with E-state index < -0.39 is 6.03 Å². The molecule has 7 nitrogen and oxygen atoms in total. The van der Waals surface area contributed by atoms with Gasteiger partial charge < -0.3 is 9.88 Å². The standard InChI is InChI=1S/C23H23N5O2S3/c29-21(25-22(30)24-15-19-9-5-13-32-19)16-33-23-27-26-20(14-18-8-4-12-31-18)28(23)11-10-17-6-2-1-3-7-17/h1-9,12-13H,10-11,14-16H2,(H2,24,25,29,30). The van der Waals surface area contributed by atoms with E-state index in [1.807, 2.05) is 47.2 Å². The fourth-order valence-corrected chi connectivity index (χ4v) is 5.28. The minimum absolute atomic E-state index is 0.0783. The Morgan fingerprint density at radius 1 is 0.939 bits per heavy atom. The Morgan fingerprint density at radius 2 is 1.70 bits per heavy atom. The second-order valence-corrected chi connectivity index (χ2v) is 10.1. The molecule has 0 fully saturated rings. The highest BCUT2D eigenvalue weighted by Crippen LogP contribution is 2.21. The number of benzene rings is 1. The maximum Gasteiger partial charge on any atom is 0.321 e. The predicted octanol–water partition coefficient (Wildman–Crippen LogP) is 4.35. The number of thiophene rings is 2. The molecule has 0 spiro atoms. The highest BCUT2D eigenvalue weighted by atomic mass is 32.2. The van der Waals surface area contributed by atoms with Gasteiger partial charge in [-0.05, 0) is 34.9 Å².